The summed E-state index contributed by atoms with van der Waals surface area (Å²) in [6.45, 7) is 5.78. The van der Waals surface area contributed by atoms with Crippen LogP contribution in [-0.2, 0) is 9.59 Å². The first-order valence-corrected chi connectivity index (χ1v) is 12.9. The Morgan fingerprint density at radius 1 is 0.946 bits per heavy atom. The molecule has 6 nitrogen and oxygen atoms in total. The third-order valence-electron chi connectivity index (χ3n) is 6.06. The number of thioether (sulfide) groups is 1. The minimum Gasteiger partial charge on any atom is -0.353 e. The molecular formula is C30H28N4O2S. The molecule has 0 aliphatic carbocycles. The van der Waals surface area contributed by atoms with Crippen molar-refractivity contribution in [3.63, 3.8) is 0 Å². The lowest BCUT2D eigenvalue weighted by atomic mass is 9.82. The van der Waals surface area contributed by atoms with E-state index < -0.39 is 5.92 Å². The summed E-state index contributed by atoms with van der Waals surface area (Å²) in [5.41, 5.74) is 5.89. The average molecular weight is 509 g/mol. The van der Waals surface area contributed by atoms with E-state index in [9.17, 15) is 14.9 Å². The van der Waals surface area contributed by atoms with Crippen molar-refractivity contribution in [2.45, 2.75) is 26.7 Å². The van der Waals surface area contributed by atoms with Gasteiger partial charge in [-0.05, 0) is 50.1 Å². The number of rotatable bonds is 7. The van der Waals surface area contributed by atoms with Crippen molar-refractivity contribution < 1.29 is 9.59 Å². The van der Waals surface area contributed by atoms with Crippen molar-refractivity contribution >= 4 is 35.0 Å². The molecule has 1 aliphatic rings. The Morgan fingerprint density at radius 3 is 2.27 bits per heavy atom. The Morgan fingerprint density at radius 2 is 1.62 bits per heavy atom. The highest BCUT2D eigenvalue weighted by molar-refractivity contribution is 8.03. The Bertz CT molecular complexity index is 1420. The van der Waals surface area contributed by atoms with Crippen LogP contribution in [-0.4, -0.2) is 17.6 Å². The smallest absolute Gasteiger partial charge is 0.254 e. The molecule has 3 N–H and O–H groups in total. The number of allylic oxidation sites excluding steroid dienone is 2. The number of dihydropyridines is 1. The molecule has 3 aromatic carbocycles. The van der Waals surface area contributed by atoms with Gasteiger partial charge in [-0.1, -0.05) is 78.0 Å². The number of nitriles is 1. The number of hydrogen-bond donors (Lipinski definition) is 3. The van der Waals surface area contributed by atoms with Crippen molar-refractivity contribution in [1.82, 2.24) is 5.32 Å². The number of hydrogen-bond acceptors (Lipinski definition) is 5. The number of anilines is 2. The molecule has 1 aliphatic heterocycles. The molecule has 0 fully saturated rings. The Kier molecular flexibility index (Phi) is 8.11. The first-order chi connectivity index (χ1) is 17.9. The molecule has 0 bridgehead atoms. The number of carbonyl (C=O) groups excluding carboxylic acids is 2. The maximum absolute atomic E-state index is 13.4. The number of benzene rings is 3. The number of aryl methyl sites for hydroxylation is 2. The normalized spacial score (nSPS) is 15.0. The molecule has 1 unspecified atom stereocenters. The van der Waals surface area contributed by atoms with Gasteiger partial charge >= 0.3 is 0 Å². The van der Waals surface area contributed by atoms with Gasteiger partial charge < -0.3 is 16.0 Å². The second kappa shape index (κ2) is 11.6. The highest BCUT2D eigenvalue weighted by atomic mass is 32.2. The molecule has 0 saturated carbocycles. The molecule has 0 aromatic heterocycles. The fourth-order valence-corrected chi connectivity index (χ4v) is 5.20. The van der Waals surface area contributed by atoms with Crippen LogP contribution in [0.2, 0.25) is 0 Å². The van der Waals surface area contributed by atoms with Crippen LogP contribution in [0.4, 0.5) is 11.4 Å². The van der Waals surface area contributed by atoms with E-state index in [2.05, 4.69) is 22.0 Å². The molecule has 7 heteroatoms. The Labute approximate surface area is 221 Å². The fraction of sp³-hybridized carbons (Fsp3) is 0.167. The van der Waals surface area contributed by atoms with Gasteiger partial charge in [0.05, 0.1) is 28.3 Å². The highest BCUT2D eigenvalue weighted by Crippen LogP contribution is 2.41. The third-order valence-corrected chi connectivity index (χ3v) is 7.08. The van der Waals surface area contributed by atoms with Gasteiger partial charge in [-0.25, -0.2) is 0 Å². The van der Waals surface area contributed by atoms with Crippen LogP contribution in [0.3, 0.4) is 0 Å². The minimum absolute atomic E-state index is 0.112. The summed E-state index contributed by atoms with van der Waals surface area (Å²) in [7, 11) is 0. The maximum atomic E-state index is 13.4. The van der Waals surface area contributed by atoms with Gasteiger partial charge in [0.1, 0.15) is 0 Å². The number of nitrogens with zero attached hydrogens (tertiary/aromatic N) is 1. The van der Waals surface area contributed by atoms with Crippen molar-refractivity contribution in [2.75, 3.05) is 16.4 Å². The number of para-hydroxylation sites is 1. The summed E-state index contributed by atoms with van der Waals surface area (Å²) < 4.78 is 0. The molecule has 186 valence electrons. The van der Waals surface area contributed by atoms with E-state index >= 15 is 0 Å². The Hall–Kier alpha value is -4.28. The number of nitrogens with one attached hydrogen (secondary N) is 3. The third kappa shape index (κ3) is 6.11. The van der Waals surface area contributed by atoms with Crippen LogP contribution in [0.1, 0.15) is 29.5 Å². The van der Waals surface area contributed by atoms with Crippen molar-refractivity contribution in [3.05, 3.63) is 117 Å². The van der Waals surface area contributed by atoms with Gasteiger partial charge in [-0.3, -0.25) is 9.59 Å². The first-order valence-electron chi connectivity index (χ1n) is 11.9. The lowest BCUT2D eigenvalue weighted by Crippen LogP contribution is -2.31. The van der Waals surface area contributed by atoms with Gasteiger partial charge in [0, 0.05) is 22.6 Å². The summed E-state index contributed by atoms with van der Waals surface area (Å²) in [5, 5.41) is 19.9. The molecule has 4 rings (SSSR count). The van der Waals surface area contributed by atoms with Crippen molar-refractivity contribution in [3.8, 4) is 6.07 Å². The van der Waals surface area contributed by atoms with Crippen LogP contribution in [0, 0.1) is 25.2 Å². The zero-order valence-corrected chi connectivity index (χ0v) is 21.8. The lowest BCUT2D eigenvalue weighted by molar-refractivity contribution is -0.114. The van der Waals surface area contributed by atoms with Crippen LogP contribution < -0.4 is 16.0 Å². The molecule has 0 radical (unpaired) electrons. The quantitative estimate of drug-likeness (QED) is 0.363. The largest absolute Gasteiger partial charge is 0.353 e. The van der Waals surface area contributed by atoms with E-state index in [1.54, 1.807) is 0 Å². The SMILES string of the molecule is CC1=C(C(=O)Nc2ccccc2)C(c2ccccc2)C(C#N)=C(SCC(=O)Nc2ccc(C)cc2C)N1. The molecule has 2 amide bonds. The summed E-state index contributed by atoms with van der Waals surface area (Å²) in [5.74, 6) is -0.911. The van der Waals surface area contributed by atoms with Crippen LogP contribution in [0.25, 0.3) is 0 Å². The lowest BCUT2D eigenvalue weighted by Gasteiger charge is -2.30. The van der Waals surface area contributed by atoms with E-state index in [0.29, 0.717) is 27.6 Å². The predicted octanol–water partition coefficient (Wildman–Crippen LogP) is 6.01. The minimum atomic E-state index is -0.568. The van der Waals surface area contributed by atoms with Crippen LogP contribution >= 0.6 is 11.8 Å². The molecule has 1 heterocycles. The van der Waals surface area contributed by atoms with E-state index in [0.717, 1.165) is 22.4 Å². The van der Waals surface area contributed by atoms with Crippen LogP contribution in [0.15, 0.2) is 101 Å². The Balaban J connectivity index is 1.60. The molecule has 0 spiro atoms. The second-order valence-corrected chi connectivity index (χ2v) is 9.82. The van der Waals surface area contributed by atoms with Gasteiger partial charge in [0.25, 0.3) is 5.91 Å². The van der Waals surface area contributed by atoms with Gasteiger partial charge in [-0.15, -0.1) is 0 Å². The first kappa shape index (κ1) is 25.8. The zero-order valence-electron chi connectivity index (χ0n) is 21.0. The average Bonchev–Trinajstić information content (AvgIpc) is 2.89. The van der Waals surface area contributed by atoms with Crippen LogP contribution in [0.5, 0.6) is 0 Å². The van der Waals surface area contributed by atoms with E-state index in [-0.39, 0.29) is 17.6 Å². The summed E-state index contributed by atoms with van der Waals surface area (Å²) in [6, 6.07) is 26.9. The monoisotopic (exact) mass is 508 g/mol. The molecule has 0 saturated heterocycles. The molecule has 37 heavy (non-hydrogen) atoms. The van der Waals surface area contributed by atoms with E-state index in [4.69, 9.17) is 0 Å². The summed E-state index contributed by atoms with van der Waals surface area (Å²) in [4.78, 5) is 26.2. The second-order valence-electron chi connectivity index (χ2n) is 8.84. The van der Waals surface area contributed by atoms with Gasteiger partial charge in [-0.2, -0.15) is 5.26 Å². The van der Waals surface area contributed by atoms with Gasteiger partial charge in [0.2, 0.25) is 5.91 Å². The molecular weight excluding hydrogens is 480 g/mol. The van der Waals surface area contributed by atoms with Gasteiger partial charge in [0.15, 0.2) is 0 Å². The summed E-state index contributed by atoms with van der Waals surface area (Å²) >= 11 is 1.25. The number of amides is 2. The topological polar surface area (TPSA) is 94.0 Å². The standard InChI is InChI=1S/C30H28N4O2S/c1-19-14-15-25(20(2)16-19)34-26(35)18-37-30-24(17-31)28(22-10-6-4-7-11-22)27(21(3)32-30)29(36)33-23-12-8-5-9-13-23/h4-16,28,32H,18H2,1-3H3,(H,33,36)(H,34,35). The highest BCUT2D eigenvalue weighted by Gasteiger charge is 2.34. The number of carbonyl (C=O) groups is 2. The van der Waals surface area contributed by atoms with E-state index in [1.165, 1.54) is 11.8 Å². The maximum Gasteiger partial charge on any atom is 0.254 e. The van der Waals surface area contributed by atoms with Crippen molar-refractivity contribution in [1.29, 1.82) is 5.26 Å². The molecule has 1 atom stereocenters. The van der Waals surface area contributed by atoms with Crippen molar-refractivity contribution in [2.24, 2.45) is 0 Å². The van der Waals surface area contributed by atoms with E-state index in [1.807, 2.05) is 99.6 Å². The summed E-state index contributed by atoms with van der Waals surface area (Å²) in [6.07, 6.45) is 0. The fourth-order valence-electron chi connectivity index (χ4n) is 4.30. The predicted molar refractivity (Wildman–Crippen MR) is 150 cm³/mol. The zero-order chi connectivity index (χ0) is 26.4. The molecule has 3 aromatic rings.